The second-order valence-electron chi connectivity index (χ2n) is 5.03. The highest BCUT2D eigenvalue weighted by Gasteiger charge is 2.10. The molecule has 1 aromatic carbocycles. The molecular formula is C16H18N2O3. The summed E-state index contributed by atoms with van der Waals surface area (Å²) in [4.78, 5) is 19.6. The highest BCUT2D eigenvalue weighted by atomic mass is 16.4. The molecular weight excluding hydrogens is 268 g/mol. The predicted molar refractivity (Wildman–Crippen MR) is 78.4 cm³/mol. The first-order valence-electron chi connectivity index (χ1n) is 6.78. The quantitative estimate of drug-likeness (QED) is 0.881. The highest BCUT2D eigenvalue weighted by molar-refractivity contribution is 5.67. The molecule has 5 nitrogen and oxygen atoms in total. The fourth-order valence-corrected chi connectivity index (χ4v) is 2.33. The van der Waals surface area contributed by atoms with Gasteiger partial charge in [-0.2, -0.15) is 0 Å². The van der Waals surface area contributed by atoms with Crippen LogP contribution in [0.5, 0.6) is 5.75 Å². The van der Waals surface area contributed by atoms with E-state index in [9.17, 15) is 9.90 Å². The molecule has 5 heteroatoms. The number of aromatic nitrogens is 2. The van der Waals surface area contributed by atoms with Crippen LogP contribution in [0.1, 0.15) is 34.8 Å². The molecule has 0 spiro atoms. The smallest absolute Gasteiger partial charge is 0.303 e. The van der Waals surface area contributed by atoms with E-state index in [1.165, 1.54) is 0 Å². The second kappa shape index (κ2) is 6.35. The Morgan fingerprint density at radius 2 is 1.86 bits per heavy atom. The van der Waals surface area contributed by atoms with Crippen LogP contribution in [0.4, 0.5) is 0 Å². The minimum absolute atomic E-state index is 0.0803. The number of nitrogens with zero attached hydrogens (tertiary/aromatic N) is 2. The second-order valence-corrected chi connectivity index (χ2v) is 5.03. The van der Waals surface area contributed by atoms with Crippen molar-refractivity contribution >= 4 is 5.97 Å². The van der Waals surface area contributed by atoms with Crippen LogP contribution < -0.4 is 0 Å². The number of aryl methyl sites for hydroxylation is 2. The number of benzene rings is 1. The zero-order valence-electron chi connectivity index (χ0n) is 12.1. The minimum Gasteiger partial charge on any atom is -0.508 e. The molecule has 0 fully saturated rings. The summed E-state index contributed by atoms with van der Waals surface area (Å²) in [5, 5.41) is 18.2. The average molecular weight is 286 g/mol. The van der Waals surface area contributed by atoms with E-state index in [0.29, 0.717) is 18.7 Å². The van der Waals surface area contributed by atoms with E-state index in [2.05, 4.69) is 9.97 Å². The third kappa shape index (κ3) is 4.02. The van der Waals surface area contributed by atoms with Crippen LogP contribution >= 0.6 is 0 Å². The van der Waals surface area contributed by atoms with Gasteiger partial charge in [0.05, 0.1) is 0 Å². The summed E-state index contributed by atoms with van der Waals surface area (Å²) in [6.45, 7) is 3.75. The molecule has 0 atom stereocenters. The lowest BCUT2D eigenvalue weighted by Crippen LogP contribution is -2.08. The SMILES string of the molecule is Cc1nc(Cc2cccc(O)c2)nc(C)c1CCC(=O)O. The van der Waals surface area contributed by atoms with Gasteiger partial charge >= 0.3 is 5.97 Å². The van der Waals surface area contributed by atoms with Crippen molar-refractivity contribution < 1.29 is 15.0 Å². The Morgan fingerprint density at radius 3 is 2.43 bits per heavy atom. The maximum Gasteiger partial charge on any atom is 0.303 e. The standard InChI is InChI=1S/C16H18N2O3/c1-10-14(6-7-16(20)21)11(2)18-15(17-10)9-12-4-3-5-13(19)8-12/h3-5,8,19H,6-7,9H2,1-2H3,(H,20,21). The van der Waals surface area contributed by atoms with Crippen molar-refractivity contribution in [2.75, 3.05) is 0 Å². The Morgan fingerprint density at radius 1 is 1.19 bits per heavy atom. The van der Waals surface area contributed by atoms with Crippen LogP contribution in [-0.4, -0.2) is 26.2 Å². The topological polar surface area (TPSA) is 83.3 Å². The van der Waals surface area contributed by atoms with Crippen LogP contribution in [0.3, 0.4) is 0 Å². The highest BCUT2D eigenvalue weighted by Crippen LogP contribution is 2.17. The lowest BCUT2D eigenvalue weighted by Gasteiger charge is -2.10. The van der Waals surface area contributed by atoms with Crippen molar-refractivity contribution in [3.05, 3.63) is 52.6 Å². The van der Waals surface area contributed by atoms with Crippen molar-refractivity contribution in [3.8, 4) is 5.75 Å². The summed E-state index contributed by atoms with van der Waals surface area (Å²) in [6, 6.07) is 7.00. The van der Waals surface area contributed by atoms with Crippen molar-refractivity contribution in [2.45, 2.75) is 33.1 Å². The van der Waals surface area contributed by atoms with Gasteiger partial charge < -0.3 is 10.2 Å². The summed E-state index contributed by atoms with van der Waals surface area (Å²) in [6.07, 6.45) is 1.06. The Kier molecular flexibility index (Phi) is 4.52. The third-order valence-corrected chi connectivity index (χ3v) is 3.33. The molecule has 0 unspecified atom stereocenters. The molecule has 0 aliphatic carbocycles. The van der Waals surface area contributed by atoms with Gasteiger partial charge in [-0.25, -0.2) is 9.97 Å². The molecule has 1 heterocycles. The van der Waals surface area contributed by atoms with Gasteiger partial charge in [-0.3, -0.25) is 4.79 Å². The monoisotopic (exact) mass is 286 g/mol. The van der Waals surface area contributed by atoms with Crippen LogP contribution in [0, 0.1) is 13.8 Å². The van der Waals surface area contributed by atoms with Crippen LogP contribution in [0.15, 0.2) is 24.3 Å². The zero-order chi connectivity index (χ0) is 15.4. The van der Waals surface area contributed by atoms with Crippen molar-refractivity contribution in [1.82, 2.24) is 9.97 Å². The Balaban J connectivity index is 2.21. The Bertz CT molecular complexity index is 645. The first-order valence-corrected chi connectivity index (χ1v) is 6.78. The van der Waals surface area contributed by atoms with Gasteiger partial charge in [-0.05, 0) is 43.5 Å². The Hall–Kier alpha value is -2.43. The molecule has 0 aliphatic heterocycles. The average Bonchev–Trinajstić information content (AvgIpc) is 2.37. The number of phenols is 1. The van der Waals surface area contributed by atoms with Crippen LogP contribution in [0.25, 0.3) is 0 Å². The molecule has 2 aromatic rings. The van der Waals surface area contributed by atoms with E-state index < -0.39 is 5.97 Å². The number of aliphatic carboxylic acids is 1. The van der Waals surface area contributed by atoms with Gasteiger partial charge in [-0.15, -0.1) is 0 Å². The molecule has 0 saturated heterocycles. The van der Waals surface area contributed by atoms with Gasteiger partial charge in [0.2, 0.25) is 0 Å². The largest absolute Gasteiger partial charge is 0.508 e. The van der Waals surface area contributed by atoms with E-state index in [-0.39, 0.29) is 12.2 Å². The van der Waals surface area contributed by atoms with Gasteiger partial charge in [-0.1, -0.05) is 12.1 Å². The van der Waals surface area contributed by atoms with E-state index in [4.69, 9.17) is 5.11 Å². The molecule has 110 valence electrons. The number of aromatic hydroxyl groups is 1. The molecule has 0 aliphatic rings. The summed E-state index contributed by atoms with van der Waals surface area (Å²) >= 11 is 0. The number of hydrogen-bond donors (Lipinski definition) is 2. The number of phenolic OH excluding ortho intramolecular Hbond substituents is 1. The normalized spacial score (nSPS) is 10.6. The van der Waals surface area contributed by atoms with Crippen LogP contribution in [0.2, 0.25) is 0 Å². The number of carboxylic acids is 1. The maximum atomic E-state index is 10.7. The number of hydrogen-bond acceptors (Lipinski definition) is 4. The lowest BCUT2D eigenvalue weighted by molar-refractivity contribution is -0.136. The van der Waals surface area contributed by atoms with Gasteiger partial charge in [0.1, 0.15) is 11.6 Å². The van der Waals surface area contributed by atoms with E-state index in [0.717, 1.165) is 22.5 Å². The summed E-state index contributed by atoms with van der Waals surface area (Å²) in [7, 11) is 0. The Labute approximate surface area is 123 Å². The van der Waals surface area contributed by atoms with Gasteiger partial charge in [0.25, 0.3) is 0 Å². The summed E-state index contributed by atoms with van der Waals surface area (Å²) in [5.41, 5.74) is 3.47. The van der Waals surface area contributed by atoms with E-state index in [1.54, 1.807) is 18.2 Å². The molecule has 0 saturated carbocycles. The molecule has 0 amide bonds. The van der Waals surface area contributed by atoms with Crippen LogP contribution in [-0.2, 0) is 17.6 Å². The van der Waals surface area contributed by atoms with E-state index in [1.807, 2.05) is 19.9 Å². The third-order valence-electron chi connectivity index (χ3n) is 3.33. The number of carbonyl (C=O) groups is 1. The lowest BCUT2D eigenvalue weighted by atomic mass is 10.1. The fourth-order valence-electron chi connectivity index (χ4n) is 2.33. The van der Waals surface area contributed by atoms with Gasteiger partial charge in [0.15, 0.2) is 0 Å². The van der Waals surface area contributed by atoms with Crippen molar-refractivity contribution in [3.63, 3.8) is 0 Å². The fraction of sp³-hybridized carbons (Fsp3) is 0.312. The predicted octanol–water partition coefficient (Wildman–Crippen LogP) is 2.41. The molecule has 2 rings (SSSR count). The molecule has 21 heavy (non-hydrogen) atoms. The molecule has 0 radical (unpaired) electrons. The number of rotatable bonds is 5. The summed E-state index contributed by atoms with van der Waals surface area (Å²) < 4.78 is 0. The van der Waals surface area contributed by atoms with Crippen molar-refractivity contribution in [2.24, 2.45) is 0 Å². The van der Waals surface area contributed by atoms with Gasteiger partial charge in [0, 0.05) is 24.2 Å². The van der Waals surface area contributed by atoms with Crippen molar-refractivity contribution in [1.29, 1.82) is 0 Å². The minimum atomic E-state index is -0.822. The first kappa shape index (κ1) is 15.0. The maximum absolute atomic E-state index is 10.7. The zero-order valence-corrected chi connectivity index (χ0v) is 12.1. The summed E-state index contributed by atoms with van der Waals surface area (Å²) in [5.74, 6) is 0.0753. The molecule has 0 bridgehead atoms. The number of carboxylic acid groups (broad SMARTS) is 1. The van der Waals surface area contributed by atoms with E-state index >= 15 is 0 Å². The molecule has 1 aromatic heterocycles. The first-order chi connectivity index (χ1) is 9.95. The molecule has 2 N–H and O–H groups in total.